The Hall–Kier alpha value is -0.160. The van der Waals surface area contributed by atoms with Crippen LogP contribution in [0, 0.1) is 0 Å². The average molecular weight is 258 g/mol. The number of hydrogen-bond donors (Lipinski definition) is 2. The lowest BCUT2D eigenvalue weighted by Gasteiger charge is -2.32. The van der Waals surface area contributed by atoms with Crippen LogP contribution in [0.3, 0.4) is 0 Å². The van der Waals surface area contributed by atoms with Gasteiger partial charge in [0.1, 0.15) is 0 Å². The number of ether oxygens (including phenoxy) is 1. The van der Waals surface area contributed by atoms with E-state index in [0.29, 0.717) is 12.7 Å². The molecular formula is C14H30N2O2. The fraction of sp³-hybridized carbons (Fsp3) is 1.00. The van der Waals surface area contributed by atoms with Crippen LogP contribution in [0.5, 0.6) is 0 Å². The predicted octanol–water partition coefficient (Wildman–Crippen LogP) is 1.24. The molecule has 0 spiro atoms. The minimum absolute atomic E-state index is 0.138. The van der Waals surface area contributed by atoms with E-state index in [1.807, 2.05) is 0 Å². The van der Waals surface area contributed by atoms with E-state index in [1.54, 1.807) is 0 Å². The van der Waals surface area contributed by atoms with E-state index < -0.39 is 0 Å². The van der Waals surface area contributed by atoms with Crippen molar-refractivity contribution >= 4 is 0 Å². The molecule has 1 rings (SSSR count). The molecule has 4 nitrogen and oxygen atoms in total. The predicted molar refractivity (Wildman–Crippen MR) is 74.9 cm³/mol. The van der Waals surface area contributed by atoms with Crippen molar-refractivity contribution in [1.29, 1.82) is 0 Å². The Morgan fingerprint density at radius 3 is 2.50 bits per heavy atom. The number of nitrogens with zero attached hydrogens (tertiary/aromatic N) is 1. The zero-order chi connectivity index (χ0) is 13.4. The zero-order valence-corrected chi connectivity index (χ0v) is 12.2. The maximum atomic E-state index is 8.72. The van der Waals surface area contributed by atoms with Crippen LogP contribution in [0.25, 0.3) is 0 Å². The van der Waals surface area contributed by atoms with E-state index >= 15 is 0 Å². The molecule has 1 heterocycles. The Morgan fingerprint density at radius 2 is 1.94 bits per heavy atom. The van der Waals surface area contributed by atoms with Gasteiger partial charge in [-0.25, -0.2) is 0 Å². The summed E-state index contributed by atoms with van der Waals surface area (Å²) in [5.74, 6) is 0. The number of rotatable bonds is 7. The van der Waals surface area contributed by atoms with Crippen molar-refractivity contribution in [2.24, 2.45) is 0 Å². The van der Waals surface area contributed by atoms with Gasteiger partial charge < -0.3 is 20.1 Å². The monoisotopic (exact) mass is 258 g/mol. The molecule has 1 aliphatic rings. The summed E-state index contributed by atoms with van der Waals surface area (Å²) in [6.07, 6.45) is 3.78. The quantitative estimate of drug-likeness (QED) is 0.674. The number of aliphatic hydroxyl groups excluding tert-OH is 1. The highest BCUT2D eigenvalue weighted by Gasteiger charge is 2.19. The van der Waals surface area contributed by atoms with Gasteiger partial charge in [-0.1, -0.05) is 0 Å². The minimum Gasteiger partial charge on any atom is -0.394 e. The summed E-state index contributed by atoms with van der Waals surface area (Å²) in [5.41, 5.74) is 0.227. The molecule has 0 aromatic rings. The molecule has 18 heavy (non-hydrogen) atoms. The van der Waals surface area contributed by atoms with Crippen LogP contribution in [-0.4, -0.2) is 61.0 Å². The normalized spacial score (nSPS) is 19.3. The largest absolute Gasteiger partial charge is 0.394 e. The molecule has 0 saturated carbocycles. The van der Waals surface area contributed by atoms with E-state index in [4.69, 9.17) is 9.84 Å². The van der Waals surface area contributed by atoms with E-state index in [2.05, 4.69) is 31.0 Å². The minimum atomic E-state index is 0.138. The maximum absolute atomic E-state index is 8.72. The highest BCUT2D eigenvalue weighted by atomic mass is 16.5. The van der Waals surface area contributed by atoms with Crippen molar-refractivity contribution in [3.05, 3.63) is 0 Å². The first kappa shape index (κ1) is 15.9. The van der Waals surface area contributed by atoms with Gasteiger partial charge in [-0.2, -0.15) is 0 Å². The van der Waals surface area contributed by atoms with Gasteiger partial charge in [0.15, 0.2) is 0 Å². The molecule has 0 radical (unpaired) electrons. The standard InChI is InChI=1S/C14H30N2O2/c1-14(2,3)15-7-4-8-16-9-5-13(6-10-16)18-12-11-17/h13,15,17H,4-12H2,1-3H3. The Bertz CT molecular complexity index is 208. The third-order valence-corrected chi connectivity index (χ3v) is 3.29. The van der Waals surface area contributed by atoms with Crippen LogP contribution in [0.4, 0.5) is 0 Å². The molecule has 108 valence electrons. The highest BCUT2D eigenvalue weighted by Crippen LogP contribution is 2.13. The molecule has 1 aliphatic heterocycles. The SMILES string of the molecule is CC(C)(C)NCCCN1CCC(OCCO)CC1. The lowest BCUT2D eigenvalue weighted by atomic mass is 10.1. The van der Waals surface area contributed by atoms with Gasteiger partial charge in [-0.3, -0.25) is 0 Å². The molecule has 2 N–H and O–H groups in total. The summed E-state index contributed by atoms with van der Waals surface area (Å²) in [5, 5.41) is 12.2. The third kappa shape index (κ3) is 7.31. The lowest BCUT2D eigenvalue weighted by molar-refractivity contribution is -0.00781. The molecule has 1 saturated heterocycles. The summed E-state index contributed by atoms with van der Waals surface area (Å²) in [6, 6.07) is 0. The van der Waals surface area contributed by atoms with Gasteiger partial charge in [0, 0.05) is 18.6 Å². The fourth-order valence-electron chi connectivity index (χ4n) is 2.28. The Kier molecular flexibility index (Phi) is 7.15. The number of hydrogen-bond acceptors (Lipinski definition) is 4. The number of nitrogens with one attached hydrogen (secondary N) is 1. The zero-order valence-electron chi connectivity index (χ0n) is 12.2. The number of likely N-dealkylation sites (tertiary alicyclic amines) is 1. The number of piperidine rings is 1. The summed E-state index contributed by atoms with van der Waals surface area (Å²) in [4.78, 5) is 2.52. The maximum Gasteiger partial charge on any atom is 0.0701 e. The molecule has 0 aromatic carbocycles. The topological polar surface area (TPSA) is 44.7 Å². The summed E-state index contributed by atoms with van der Waals surface area (Å²) >= 11 is 0. The fourth-order valence-corrected chi connectivity index (χ4v) is 2.28. The molecule has 0 bridgehead atoms. The first-order valence-corrected chi connectivity index (χ1v) is 7.21. The van der Waals surface area contributed by atoms with Gasteiger partial charge >= 0.3 is 0 Å². The molecule has 1 fully saturated rings. The molecule has 0 aliphatic carbocycles. The van der Waals surface area contributed by atoms with E-state index in [-0.39, 0.29) is 12.1 Å². The second-order valence-corrected chi connectivity index (χ2v) is 6.17. The first-order chi connectivity index (χ1) is 8.51. The van der Waals surface area contributed by atoms with E-state index in [0.717, 1.165) is 32.5 Å². The Balaban J connectivity index is 2.02. The Labute approximate surface area is 112 Å². The van der Waals surface area contributed by atoms with Crippen molar-refractivity contribution in [3.63, 3.8) is 0 Å². The van der Waals surface area contributed by atoms with E-state index in [1.165, 1.54) is 13.0 Å². The van der Waals surface area contributed by atoms with Gasteiger partial charge in [-0.05, 0) is 53.1 Å². The van der Waals surface area contributed by atoms with Crippen molar-refractivity contribution in [1.82, 2.24) is 10.2 Å². The van der Waals surface area contributed by atoms with Gasteiger partial charge in [0.25, 0.3) is 0 Å². The average Bonchev–Trinajstić information content (AvgIpc) is 2.32. The van der Waals surface area contributed by atoms with Gasteiger partial charge in [0.2, 0.25) is 0 Å². The molecule has 4 heteroatoms. The Morgan fingerprint density at radius 1 is 1.28 bits per heavy atom. The second-order valence-electron chi connectivity index (χ2n) is 6.17. The lowest BCUT2D eigenvalue weighted by Crippen LogP contribution is -2.40. The molecular weight excluding hydrogens is 228 g/mol. The van der Waals surface area contributed by atoms with Crippen LogP contribution in [0.2, 0.25) is 0 Å². The summed E-state index contributed by atoms with van der Waals surface area (Å²) < 4.78 is 5.56. The van der Waals surface area contributed by atoms with Crippen LogP contribution in [-0.2, 0) is 4.74 Å². The smallest absolute Gasteiger partial charge is 0.0701 e. The number of aliphatic hydroxyl groups is 1. The van der Waals surface area contributed by atoms with Crippen LogP contribution in [0.15, 0.2) is 0 Å². The molecule has 0 unspecified atom stereocenters. The first-order valence-electron chi connectivity index (χ1n) is 7.21. The van der Waals surface area contributed by atoms with Crippen molar-refractivity contribution < 1.29 is 9.84 Å². The highest BCUT2D eigenvalue weighted by molar-refractivity contribution is 4.74. The molecule has 0 aromatic heterocycles. The van der Waals surface area contributed by atoms with Crippen molar-refractivity contribution in [2.75, 3.05) is 39.4 Å². The molecule has 0 atom stereocenters. The van der Waals surface area contributed by atoms with Crippen LogP contribution >= 0.6 is 0 Å². The third-order valence-electron chi connectivity index (χ3n) is 3.29. The molecule has 0 amide bonds. The summed E-state index contributed by atoms with van der Waals surface area (Å²) in [6.45, 7) is 11.8. The van der Waals surface area contributed by atoms with Crippen molar-refractivity contribution in [2.45, 2.75) is 51.7 Å². The summed E-state index contributed by atoms with van der Waals surface area (Å²) in [7, 11) is 0. The van der Waals surface area contributed by atoms with Crippen LogP contribution < -0.4 is 5.32 Å². The van der Waals surface area contributed by atoms with Gasteiger partial charge in [-0.15, -0.1) is 0 Å². The second kappa shape index (κ2) is 8.10. The van der Waals surface area contributed by atoms with E-state index in [9.17, 15) is 0 Å². The van der Waals surface area contributed by atoms with Crippen LogP contribution in [0.1, 0.15) is 40.0 Å². The van der Waals surface area contributed by atoms with Gasteiger partial charge in [0.05, 0.1) is 19.3 Å². The van der Waals surface area contributed by atoms with Crippen molar-refractivity contribution in [3.8, 4) is 0 Å².